The maximum absolute atomic E-state index is 14.9. The monoisotopic (exact) mass is 542 g/mol. The van der Waals surface area contributed by atoms with Gasteiger partial charge in [-0.3, -0.25) is 9.59 Å². The van der Waals surface area contributed by atoms with Gasteiger partial charge in [0.1, 0.15) is 23.7 Å². The van der Waals surface area contributed by atoms with E-state index in [1.807, 2.05) is 0 Å². The SMILES string of the molecule is COC[C@H](F)C1O[C@@H](OP(=O)(Oc2ccccc2)Oc2ccccc2)C(OC(C)=O)C(OC(C)=O)[C@@H]1O. The normalized spacial score (nSPS) is 24.5. The summed E-state index contributed by atoms with van der Waals surface area (Å²) in [6, 6.07) is 15.8. The van der Waals surface area contributed by atoms with E-state index in [9.17, 15) is 23.7 Å². The molecule has 0 radical (unpaired) electrons. The third-order valence-corrected chi connectivity index (χ3v) is 6.33. The Hall–Kier alpha value is -3.02. The minimum absolute atomic E-state index is 0.0949. The number of alkyl halides is 1. The molecule has 1 N–H and O–H groups in total. The number of hydrogen-bond acceptors (Lipinski definition) is 11. The summed E-state index contributed by atoms with van der Waals surface area (Å²) in [5.74, 6) is -1.55. The summed E-state index contributed by atoms with van der Waals surface area (Å²) in [6.45, 7) is 1.59. The van der Waals surface area contributed by atoms with E-state index >= 15 is 0 Å². The molecule has 1 saturated heterocycles. The number of hydrogen-bond donors (Lipinski definition) is 1. The van der Waals surface area contributed by atoms with E-state index in [1.54, 1.807) is 36.4 Å². The van der Waals surface area contributed by atoms with Crippen molar-refractivity contribution in [2.45, 2.75) is 50.7 Å². The molecule has 13 heteroatoms. The van der Waals surface area contributed by atoms with Crippen LogP contribution in [0.3, 0.4) is 0 Å². The lowest BCUT2D eigenvalue weighted by Gasteiger charge is -2.43. The van der Waals surface area contributed by atoms with Crippen LogP contribution >= 0.6 is 7.82 Å². The third-order valence-electron chi connectivity index (χ3n) is 5.00. The summed E-state index contributed by atoms with van der Waals surface area (Å²) in [7, 11) is -3.42. The van der Waals surface area contributed by atoms with Crippen molar-refractivity contribution < 1.29 is 56.2 Å². The first-order valence-electron chi connectivity index (χ1n) is 11.2. The third kappa shape index (κ3) is 7.98. The minimum atomic E-state index is -4.66. The minimum Gasteiger partial charge on any atom is -0.455 e. The van der Waals surface area contributed by atoms with Crippen molar-refractivity contribution in [3.8, 4) is 11.5 Å². The van der Waals surface area contributed by atoms with Crippen LogP contribution in [0.5, 0.6) is 11.5 Å². The van der Waals surface area contributed by atoms with Crippen LogP contribution in [0.1, 0.15) is 13.8 Å². The Kier molecular flexibility index (Phi) is 10.0. The molecule has 202 valence electrons. The van der Waals surface area contributed by atoms with E-state index in [0.717, 1.165) is 13.8 Å². The highest BCUT2D eigenvalue weighted by Crippen LogP contribution is 2.52. The second kappa shape index (κ2) is 13.0. The highest BCUT2D eigenvalue weighted by molar-refractivity contribution is 7.49. The number of methoxy groups -OCH3 is 1. The van der Waals surface area contributed by atoms with Crippen molar-refractivity contribution in [2.75, 3.05) is 13.7 Å². The number of aliphatic hydroxyl groups excluding tert-OH is 1. The zero-order valence-corrected chi connectivity index (χ0v) is 21.2. The molecule has 3 unspecified atom stereocenters. The van der Waals surface area contributed by atoms with Crippen LogP contribution in [-0.4, -0.2) is 67.6 Å². The summed E-state index contributed by atoms with van der Waals surface area (Å²) < 4.78 is 66.3. The largest absolute Gasteiger partial charge is 0.590 e. The van der Waals surface area contributed by atoms with Gasteiger partial charge in [0.05, 0.1) is 6.61 Å². The highest BCUT2D eigenvalue weighted by Gasteiger charge is 2.55. The number of phosphoric ester groups is 1. The molecule has 1 aliphatic rings. The molecule has 0 amide bonds. The van der Waals surface area contributed by atoms with Crippen molar-refractivity contribution in [3.05, 3.63) is 60.7 Å². The first-order chi connectivity index (χ1) is 17.6. The Bertz CT molecular complexity index is 1030. The average Bonchev–Trinajstić information content (AvgIpc) is 2.83. The zero-order valence-electron chi connectivity index (χ0n) is 20.3. The van der Waals surface area contributed by atoms with Crippen LogP contribution in [0.2, 0.25) is 0 Å². The van der Waals surface area contributed by atoms with Crippen molar-refractivity contribution in [1.82, 2.24) is 0 Å². The number of rotatable bonds is 11. The van der Waals surface area contributed by atoms with Gasteiger partial charge >= 0.3 is 19.8 Å². The van der Waals surface area contributed by atoms with Gasteiger partial charge in [0.15, 0.2) is 18.4 Å². The number of halogens is 1. The molecule has 0 bridgehead atoms. The molecule has 2 aromatic carbocycles. The summed E-state index contributed by atoms with van der Waals surface area (Å²) >= 11 is 0. The molecule has 0 aliphatic carbocycles. The van der Waals surface area contributed by atoms with Crippen LogP contribution < -0.4 is 9.05 Å². The number of carbonyl (C=O) groups excluding carboxylic acids is 2. The van der Waals surface area contributed by atoms with E-state index in [4.69, 9.17) is 32.5 Å². The number of benzene rings is 2. The van der Waals surface area contributed by atoms with Gasteiger partial charge in [0.2, 0.25) is 6.29 Å². The molecule has 11 nitrogen and oxygen atoms in total. The van der Waals surface area contributed by atoms with Crippen molar-refractivity contribution in [1.29, 1.82) is 0 Å². The maximum atomic E-state index is 14.9. The quantitative estimate of drug-likeness (QED) is 0.331. The van der Waals surface area contributed by atoms with Crippen molar-refractivity contribution in [2.24, 2.45) is 0 Å². The predicted molar refractivity (Wildman–Crippen MR) is 125 cm³/mol. The van der Waals surface area contributed by atoms with Crippen molar-refractivity contribution in [3.63, 3.8) is 0 Å². The molecule has 2 aromatic rings. The number of esters is 2. The molecule has 0 saturated carbocycles. The van der Waals surface area contributed by atoms with Crippen LogP contribution in [0, 0.1) is 0 Å². The first-order valence-corrected chi connectivity index (χ1v) is 12.7. The highest BCUT2D eigenvalue weighted by atomic mass is 31.2. The maximum Gasteiger partial charge on any atom is 0.590 e. The second-order valence-corrected chi connectivity index (χ2v) is 9.41. The number of para-hydroxylation sites is 2. The van der Waals surface area contributed by atoms with Crippen LogP contribution in [0.25, 0.3) is 0 Å². The molecule has 1 fully saturated rings. The summed E-state index contributed by atoms with van der Waals surface area (Å²) in [5.41, 5.74) is 0. The molecule has 1 aliphatic heterocycles. The Labute approximate surface area is 212 Å². The molecule has 0 aromatic heterocycles. The van der Waals surface area contributed by atoms with Gasteiger partial charge in [-0.05, 0) is 24.3 Å². The van der Waals surface area contributed by atoms with E-state index < -0.39 is 63.2 Å². The summed E-state index contributed by atoms with van der Waals surface area (Å²) in [5, 5.41) is 10.8. The fourth-order valence-electron chi connectivity index (χ4n) is 3.54. The second-order valence-electron chi connectivity index (χ2n) is 7.94. The number of aliphatic hydroxyl groups is 1. The lowest BCUT2D eigenvalue weighted by molar-refractivity contribution is -0.293. The standard InChI is InChI=1S/C24H28FO11P/c1-15(26)31-22-20(28)21(19(25)14-30-3)33-24(23(22)32-16(2)27)36-37(29,34-17-10-6-4-7-11-17)35-18-12-8-5-9-13-18/h4-13,19-24,28H,14H2,1-3H3/t19-,20+,21?,22?,23?,24-/m0/s1. The summed E-state index contributed by atoms with van der Waals surface area (Å²) in [4.78, 5) is 23.7. The fourth-order valence-corrected chi connectivity index (χ4v) is 4.85. The van der Waals surface area contributed by atoms with Crippen LogP contribution in [0.4, 0.5) is 4.39 Å². The van der Waals surface area contributed by atoms with Gasteiger partial charge in [-0.25, -0.2) is 13.5 Å². The Morgan fingerprint density at radius 1 is 0.946 bits per heavy atom. The van der Waals surface area contributed by atoms with Crippen LogP contribution in [0.15, 0.2) is 60.7 Å². The number of carbonyl (C=O) groups is 2. The first kappa shape index (κ1) is 28.5. The van der Waals surface area contributed by atoms with Gasteiger partial charge in [0.25, 0.3) is 0 Å². The fraction of sp³-hybridized carbons (Fsp3) is 0.417. The van der Waals surface area contributed by atoms with Gasteiger partial charge < -0.3 is 33.1 Å². The van der Waals surface area contributed by atoms with E-state index in [-0.39, 0.29) is 11.5 Å². The van der Waals surface area contributed by atoms with Gasteiger partial charge in [-0.1, -0.05) is 36.4 Å². The Morgan fingerprint density at radius 2 is 1.43 bits per heavy atom. The molecule has 1 heterocycles. The van der Waals surface area contributed by atoms with E-state index in [0.29, 0.717) is 0 Å². The smallest absolute Gasteiger partial charge is 0.455 e. The Morgan fingerprint density at radius 3 is 1.89 bits per heavy atom. The van der Waals surface area contributed by atoms with Gasteiger partial charge in [-0.2, -0.15) is 0 Å². The van der Waals surface area contributed by atoms with Crippen molar-refractivity contribution >= 4 is 19.8 Å². The van der Waals surface area contributed by atoms with Gasteiger partial charge in [-0.15, -0.1) is 0 Å². The number of phosphoric acid groups is 1. The number of ether oxygens (including phenoxy) is 4. The van der Waals surface area contributed by atoms with E-state index in [1.165, 1.54) is 31.4 Å². The molecule has 0 spiro atoms. The lowest BCUT2D eigenvalue weighted by atomic mass is 9.95. The molecule has 37 heavy (non-hydrogen) atoms. The average molecular weight is 542 g/mol. The van der Waals surface area contributed by atoms with Gasteiger partial charge in [0, 0.05) is 21.0 Å². The molecular weight excluding hydrogens is 514 g/mol. The topological polar surface area (TPSA) is 136 Å². The van der Waals surface area contributed by atoms with E-state index in [2.05, 4.69) is 0 Å². The summed E-state index contributed by atoms with van der Waals surface area (Å²) in [6.07, 6.45) is -10.6. The zero-order chi connectivity index (χ0) is 27.0. The molecule has 6 atom stereocenters. The predicted octanol–water partition coefficient (Wildman–Crippen LogP) is 3.20. The Balaban J connectivity index is 2.01. The lowest BCUT2D eigenvalue weighted by Crippen LogP contribution is -2.63. The van der Waals surface area contributed by atoms with Crippen LogP contribution in [-0.2, 0) is 37.6 Å². The molecule has 3 rings (SSSR count). The molecular formula is C24H28FO11P.